The van der Waals surface area contributed by atoms with E-state index in [0.29, 0.717) is 19.6 Å². The zero-order valence-electron chi connectivity index (χ0n) is 10.0. The first-order valence-corrected chi connectivity index (χ1v) is 7.69. The van der Waals surface area contributed by atoms with Gasteiger partial charge in [-0.2, -0.15) is 17.4 Å². The fraction of sp³-hybridized carbons (Fsp3) is 1.00. The van der Waals surface area contributed by atoms with Crippen LogP contribution < -0.4 is 10.0 Å². The molecule has 6 nitrogen and oxygen atoms in total. The van der Waals surface area contributed by atoms with Gasteiger partial charge in [-0.05, 0) is 19.3 Å². The van der Waals surface area contributed by atoms with Gasteiger partial charge in [0.2, 0.25) is 0 Å². The average molecular weight is 263 g/mol. The van der Waals surface area contributed by atoms with Crippen LogP contribution in [0.15, 0.2) is 0 Å². The second kappa shape index (κ2) is 6.10. The summed E-state index contributed by atoms with van der Waals surface area (Å²) in [6.45, 7) is 3.68. The Kier molecular flexibility index (Phi) is 4.75. The van der Waals surface area contributed by atoms with E-state index in [0.717, 1.165) is 39.0 Å². The van der Waals surface area contributed by atoms with Gasteiger partial charge >= 0.3 is 0 Å². The summed E-state index contributed by atoms with van der Waals surface area (Å²) in [5.41, 5.74) is 0. The zero-order chi connectivity index (χ0) is 12.1. The molecule has 7 heteroatoms. The van der Waals surface area contributed by atoms with Crippen LogP contribution in [0.5, 0.6) is 0 Å². The highest BCUT2D eigenvalue weighted by atomic mass is 32.2. The predicted octanol–water partition coefficient (Wildman–Crippen LogP) is -0.705. The summed E-state index contributed by atoms with van der Waals surface area (Å²) in [5, 5.41) is 3.13. The van der Waals surface area contributed by atoms with Crippen molar-refractivity contribution in [1.29, 1.82) is 0 Å². The Morgan fingerprint density at radius 2 is 2.06 bits per heavy atom. The summed E-state index contributed by atoms with van der Waals surface area (Å²) in [4.78, 5) is 0. The molecule has 0 aliphatic carbocycles. The minimum absolute atomic E-state index is 0.0430. The molecule has 0 aromatic heterocycles. The summed E-state index contributed by atoms with van der Waals surface area (Å²) in [6, 6.07) is 0. The molecule has 0 aromatic carbocycles. The summed E-state index contributed by atoms with van der Waals surface area (Å²) < 4.78 is 33.6. The van der Waals surface area contributed by atoms with Gasteiger partial charge in [-0.15, -0.1) is 0 Å². The lowest BCUT2D eigenvalue weighted by atomic mass is 10.1. The molecule has 17 heavy (non-hydrogen) atoms. The highest BCUT2D eigenvalue weighted by molar-refractivity contribution is 7.87. The Bertz CT molecular complexity index is 322. The van der Waals surface area contributed by atoms with Crippen molar-refractivity contribution in [2.45, 2.75) is 25.4 Å². The van der Waals surface area contributed by atoms with Crippen LogP contribution >= 0.6 is 0 Å². The maximum atomic E-state index is 12.0. The second-order valence-corrected chi connectivity index (χ2v) is 6.25. The van der Waals surface area contributed by atoms with E-state index in [1.54, 1.807) is 0 Å². The molecule has 2 rings (SSSR count). The normalized spacial score (nSPS) is 28.1. The van der Waals surface area contributed by atoms with Crippen LogP contribution in [0.2, 0.25) is 0 Å². The smallest absolute Gasteiger partial charge is 0.279 e. The van der Waals surface area contributed by atoms with Gasteiger partial charge in [-0.25, -0.2) is 0 Å². The van der Waals surface area contributed by atoms with E-state index in [9.17, 15) is 8.42 Å². The minimum Gasteiger partial charge on any atom is -0.377 e. The van der Waals surface area contributed by atoms with E-state index in [2.05, 4.69) is 10.0 Å². The maximum Gasteiger partial charge on any atom is 0.279 e. The molecule has 0 saturated carbocycles. The van der Waals surface area contributed by atoms with Gasteiger partial charge in [0.1, 0.15) is 0 Å². The minimum atomic E-state index is -3.32. The molecular formula is C10H21N3O3S. The number of hydrogen-bond donors (Lipinski definition) is 2. The molecular weight excluding hydrogens is 242 g/mol. The van der Waals surface area contributed by atoms with E-state index in [1.165, 1.54) is 4.31 Å². The van der Waals surface area contributed by atoms with E-state index >= 15 is 0 Å². The third-order valence-corrected chi connectivity index (χ3v) is 4.76. The fourth-order valence-electron chi connectivity index (χ4n) is 2.14. The summed E-state index contributed by atoms with van der Waals surface area (Å²) in [6.07, 6.45) is 3.20. The number of ether oxygens (including phenoxy) is 1. The number of rotatable bonds is 4. The molecule has 1 unspecified atom stereocenters. The molecule has 100 valence electrons. The predicted molar refractivity (Wildman–Crippen MR) is 65.0 cm³/mol. The Balaban J connectivity index is 1.79. The average Bonchev–Trinajstić information content (AvgIpc) is 2.39. The topological polar surface area (TPSA) is 70.7 Å². The van der Waals surface area contributed by atoms with Gasteiger partial charge in [0.25, 0.3) is 10.2 Å². The summed E-state index contributed by atoms with van der Waals surface area (Å²) in [5.74, 6) is 0. The number of nitrogens with one attached hydrogen (secondary N) is 2. The molecule has 2 heterocycles. The SMILES string of the molecule is O=S(=O)(NCC1CCCCO1)N1CCNCC1. The molecule has 2 fully saturated rings. The van der Waals surface area contributed by atoms with Gasteiger partial charge in [0, 0.05) is 39.3 Å². The summed E-state index contributed by atoms with van der Waals surface area (Å²) in [7, 11) is -3.32. The van der Waals surface area contributed by atoms with Crippen LogP contribution in [0.4, 0.5) is 0 Å². The fourth-order valence-corrected chi connectivity index (χ4v) is 3.38. The first kappa shape index (κ1) is 13.2. The Labute approximate surface area is 103 Å². The standard InChI is InChI=1S/C10H21N3O3S/c14-17(15,13-6-4-11-5-7-13)12-9-10-3-1-2-8-16-10/h10-12H,1-9H2. The highest BCUT2D eigenvalue weighted by Gasteiger charge is 2.24. The third-order valence-electron chi connectivity index (χ3n) is 3.18. The maximum absolute atomic E-state index is 12.0. The van der Waals surface area contributed by atoms with Crippen molar-refractivity contribution in [3.05, 3.63) is 0 Å². The van der Waals surface area contributed by atoms with E-state index in [-0.39, 0.29) is 6.10 Å². The lowest BCUT2D eigenvalue weighted by Gasteiger charge is -2.28. The molecule has 0 amide bonds. The van der Waals surface area contributed by atoms with Gasteiger partial charge in [0.15, 0.2) is 0 Å². The zero-order valence-corrected chi connectivity index (χ0v) is 10.8. The van der Waals surface area contributed by atoms with Crippen molar-refractivity contribution >= 4 is 10.2 Å². The van der Waals surface area contributed by atoms with Gasteiger partial charge in [-0.3, -0.25) is 0 Å². The van der Waals surface area contributed by atoms with Crippen LogP contribution in [-0.4, -0.2) is 58.2 Å². The van der Waals surface area contributed by atoms with Gasteiger partial charge in [-0.1, -0.05) is 0 Å². The molecule has 0 spiro atoms. The largest absolute Gasteiger partial charge is 0.377 e. The molecule has 0 radical (unpaired) electrons. The first-order chi connectivity index (χ1) is 8.18. The number of nitrogens with zero attached hydrogens (tertiary/aromatic N) is 1. The van der Waals surface area contributed by atoms with Crippen molar-refractivity contribution in [3.8, 4) is 0 Å². The van der Waals surface area contributed by atoms with Crippen LogP contribution in [0.1, 0.15) is 19.3 Å². The molecule has 0 aromatic rings. The lowest BCUT2D eigenvalue weighted by Crippen LogP contribution is -2.51. The monoisotopic (exact) mass is 263 g/mol. The Morgan fingerprint density at radius 3 is 2.71 bits per heavy atom. The quantitative estimate of drug-likeness (QED) is 0.703. The molecule has 1 atom stereocenters. The summed E-state index contributed by atoms with van der Waals surface area (Å²) >= 11 is 0. The number of hydrogen-bond acceptors (Lipinski definition) is 4. The number of piperazine rings is 1. The molecule has 0 bridgehead atoms. The lowest BCUT2D eigenvalue weighted by molar-refractivity contribution is 0.0198. The Morgan fingerprint density at radius 1 is 1.29 bits per heavy atom. The first-order valence-electron chi connectivity index (χ1n) is 6.25. The van der Waals surface area contributed by atoms with Crippen molar-refractivity contribution in [2.75, 3.05) is 39.3 Å². The third kappa shape index (κ3) is 3.89. The van der Waals surface area contributed by atoms with Crippen LogP contribution in [-0.2, 0) is 14.9 Å². The van der Waals surface area contributed by atoms with E-state index in [4.69, 9.17) is 4.74 Å². The molecule has 2 N–H and O–H groups in total. The van der Waals surface area contributed by atoms with Gasteiger partial charge in [0.05, 0.1) is 6.10 Å². The Hall–Kier alpha value is -0.210. The van der Waals surface area contributed by atoms with Crippen LogP contribution in [0.25, 0.3) is 0 Å². The van der Waals surface area contributed by atoms with Crippen LogP contribution in [0, 0.1) is 0 Å². The van der Waals surface area contributed by atoms with E-state index < -0.39 is 10.2 Å². The molecule has 2 aliphatic rings. The molecule has 2 aliphatic heterocycles. The van der Waals surface area contributed by atoms with Crippen LogP contribution in [0.3, 0.4) is 0 Å². The highest BCUT2D eigenvalue weighted by Crippen LogP contribution is 2.12. The van der Waals surface area contributed by atoms with Crippen molar-refractivity contribution < 1.29 is 13.2 Å². The van der Waals surface area contributed by atoms with E-state index in [1.807, 2.05) is 0 Å². The second-order valence-electron chi connectivity index (χ2n) is 4.49. The van der Waals surface area contributed by atoms with Crippen molar-refractivity contribution in [3.63, 3.8) is 0 Å². The van der Waals surface area contributed by atoms with Crippen molar-refractivity contribution in [2.24, 2.45) is 0 Å². The van der Waals surface area contributed by atoms with Gasteiger partial charge < -0.3 is 10.1 Å². The van der Waals surface area contributed by atoms with Crippen molar-refractivity contribution in [1.82, 2.24) is 14.3 Å². The molecule has 2 saturated heterocycles.